The summed E-state index contributed by atoms with van der Waals surface area (Å²) in [6, 6.07) is -0.317. The number of nitrogens with one attached hydrogen (secondary N) is 2. The Morgan fingerprint density at radius 1 is 1.53 bits per heavy atom. The van der Waals surface area contributed by atoms with Gasteiger partial charge in [-0.3, -0.25) is 4.79 Å². The van der Waals surface area contributed by atoms with E-state index >= 15 is 0 Å². The summed E-state index contributed by atoms with van der Waals surface area (Å²) in [7, 11) is 0. The summed E-state index contributed by atoms with van der Waals surface area (Å²) in [6.45, 7) is 8.09. The van der Waals surface area contributed by atoms with Gasteiger partial charge in [-0.1, -0.05) is 12.1 Å². The molecule has 0 fully saturated rings. The first-order valence-electron chi connectivity index (χ1n) is 6.08. The molecule has 2 N–H and O–H groups in total. The fourth-order valence-electron chi connectivity index (χ4n) is 1.42. The minimum absolute atomic E-state index is 0.0366. The van der Waals surface area contributed by atoms with Gasteiger partial charge in [-0.2, -0.15) is 0 Å². The molecule has 6 nitrogen and oxygen atoms in total. The van der Waals surface area contributed by atoms with Crippen LogP contribution in [0.2, 0.25) is 0 Å². The van der Waals surface area contributed by atoms with Crippen LogP contribution in [-0.2, 0) is 11.3 Å². The van der Waals surface area contributed by atoms with Crippen LogP contribution in [0.5, 0.6) is 0 Å². The van der Waals surface area contributed by atoms with Crippen LogP contribution in [0.3, 0.4) is 0 Å². The second kappa shape index (κ2) is 7.01. The van der Waals surface area contributed by atoms with E-state index in [0.29, 0.717) is 13.1 Å². The molecule has 1 aromatic heterocycles. The van der Waals surface area contributed by atoms with Crippen molar-refractivity contribution in [2.45, 2.75) is 39.8 Å². The molecule has 0 saturated heterocycles. The highest BCUT2D eigenvalue weighted by Crippen LogP contribution is 2.04. The SMILES string of the molecule is CCCNCc1cn(C(C)C(=O)NCC)nn1. The minimum Gasteiger partial charge on any atom is -0.355 e. The first kappa shape index (κ1) is 13.6. The van der Waals surface area contributed by atoms with Crippen LogP contribution in [0.1, 0.15) is 38.9 Å². The summed E-state index contributed by atoms with van der Waals surface area (Å²) < 4.78 is 1.59. The largest absolute Gasteiger partial charge is 0.355 e. The second-order valence-electron chi connectivity index (χ2n) is 3.94. The number of hydrogen-bond donors (Lipinski definition) is 2. The Hall–Kier alpha value is -1.43. The highest BCUT2D eigenvalue weighted by molar-refractivity contribution is 5.79. The van der Waals surface area contributed by atoms with Crippen LogP contribution in [-0.4, -0.2) is 34.0 Å². The third-order valence-electron chi connectivity index (χ3n) is 2.42. The zero-order chi connectivity index (χ0) is 12.7. The molecule has 96 valence electrons. The summed E-state index contributed by atoms with van der Waals surface area (Å²) in [5.74, 6) is -0.0366. The molecule has 0 aliphatic carbocycles. The van der Waals surface area contributed by atoms with Crippen molar-refractivity contribution in [1.29, 1.82) is 0 Å². The Kier molecular flexibility index (Phi) is 5.62. The fraction of sp³-hybridized carbons (Fsp3) is 0.727. The average Bonchev–Trinajstić information content (AvgIpc) is 2.77. The van der Waals surface area contributed by atoms with Gasteiger partial charge in [0, 0.05) is 13.1 Å². The van der Waals surface area contributed by atoms with E-state index < -0.39 is 0 Å². The number of amides is 1. The lowest BCUT2D eigenvalue weighted by Gasteiger charge is -2.10. The Labute approximate surface area is 102 Å². The number of rotatable bonds is 7. The zero-order valence-electron chi connectivity index (χ0n) is 10.7. The molecule has 0 saturated carbocycles. The highest BCUT2D eigenvalue weighted by atomic mass is 16.2. The molecular formula is C11H21N5O. The number of nitrogens with zero attached hydrogens (tertiary/aromatic N) is 3. The van der Waals surface area contributed by atoms with Crippen molar-refractivity contribution in [3.05, 3.63) is 11.9 Å². The molecule has 17 heavy (non-hydrogen) atoms. The Morgan fingerprint density at radius 3 is 2.94 bits per heavy atom. The summed E-state index contributed by atoms with van der Waals surface area (Å²) >= 11 is 0. The molecule has 0 aliphatic rings. The van der Waals surface area contributed by atoms with Crippen molar-refractivity contribution in [2.75, 3.05) is 13.1 Å². The Balaban J connectivity index is 2.51. The first-order valence-corrected chi connectivity index (χ1v) is 6.08. The quantitative estimate of drug-likeness (QED) is 0.679. The van der Waals surface area contributed by atoms with E-state index in [2.05, 4.69) is 27.9 Å². The summed E-state index contributed by atoms with van der Waals surface area (Å²) in [5, 5.41) is 14.0. The van der Waals surface area contributed by atoms with Crippen molar-refractivity contribution in [1.82, 2.24) is 25.6 Å². The van der Waals surface area contributed by atoms with Crippen LogP contribution < -0.4 is 10.6 Å². The predicted molar refractivity (Wildman–Crippen MR) is 65.4 cm³/mol. The van der Waals surface area contributed by atoms with Crippen molar-refractivity contribution in [3.8, 4) is 0 Å². The van der Waals surface area contributed by atoms with Crippen molar-refractivity contribution < 1.29 is 4.79 Å². The van der Waals surface area contributed by atoms with Crippen LogP contribution in [0, 0.1) is 0 Å². The molecule has 1 aromatic rings. The lowest BCUT2D eigenvalue weighted by Crippen LogP contribution is -2.31. The fourth-order valence-corrected chi connectivity index (χ4v) is 1.42. The maximum atomic E-state index is 11.6. The molecule has 6 heteroatoms. The van der Waals surface area contributed by atoms with Gasteiger partial charge in [-0.25, -0.2) is 4.68 Å². The molecule has 1 unspecified atom stereocenters. The van der Waals surface area contributed by atoms with Gasteiger partial charge >= 0.3 is 0 Å². The smallest absolute Gasteiger partial charge is 0.244 e. The van der Waals surface area contributed by atoms with Gasteiger partial charge in [0.1, 0.15) is 6.04 Å². The van der Waals surface area contributed by atoms with Gasteiger partial charge in [-0.05, 0) is 26.8 Å². The number of aromatic nitrogens is 3. The molecule has 1 heterocycles. The van der Waals surface area contributed by atoms with E-state index in [4.69, 9.17) is 0 Å². The molecule has 0 aromatic carbocycles. The van der Waals surface area contributed by atoms with Crippen molar-refractivity contribution in [2.24, 2.45) is 0 Å². The Bertz CT molecular complexity index is 349. The van der Waals surface area contributed by atoms with Crippen LogP contribution in [0.15, 0.2) is 6.20 Å². The topological polar surface area (TPSA) is 71.8 Å². The van der Waals surface area contributed by atoms with Crippen molar-refractivity contribution >= 4 is 5.91 Å². The van der Waals surface area contributed by atoms with Crippen LogP contribution in [0.25, 0.3) is 0 Å². The van der Waals surface area contributed by atoms with E-state index in [1.807, 2.05) is 20.0 Å². The van der Waals surface area contributed by atoms with Gasteiger partial charge in [-0.15, -0.1) is 5.10 Å². The minimum atomic E-state index is -0.317. The maximum absolute atomic E-state index is 11.6. The van der Waals surface area contributed by atoms with Gasteiger partial charge in [0.15, 0.2) is 0 Å². The Morgan fingerprint density at radius 2 is 2.29 bits per heavy atom. The molecule has 0 radical (unpaired) electrons. The average molecular weight is 239 g/mol. The van der Waals surface area contributed by atoms with Gasteiger partial charge in [0.05, 0.1) is 11.9 Å². The third-order valence-corrected chi connectivity index (χ3v) is 2.42. The number of carbonyl (C=O) groups is 1. The second-order valence-corrected chi connectivity index (χ2v) is 3.94. The maximum Gasteiger partial charge on any atom is 0.244 e. The van der Waals surface area contributed by atoms with Gasteiger partial charge < -0.3 is 10.6 Å². The molecule has 1 atom stereocenters. The highest BCUT2D eigenvalue weighted by Gasteiger charge is 2.15. The van der Waals surface area contributed by atoms with Gasteiger partial charge in [0.2, 0.25) is 5.91 Å². The van der Waals surface area contributed by atoms with E-state index in [0.717, 1.165) is 18.7 Å². The zero-order valence-corrected chi connectivity index (χ0v) is 10.7. The molecule has 1 rings (SSSR count). The number of hydrogen-bond acceptors (Lipinski definition) is 4. The van der Waals surface area contributed by atoms with E-state index in [-0.39, 0.29) is 11.9 Å². The van der Waals surface area contributed by atoms with Crippen LogP contribution in [0.4, 0.5) is 0 Å². The number of likely N-dealkylation sites (N-methyl/N-ethyl adjacent to an activating group) is 1. The lowest BCUT2D eigenvalue weighted by atomic mass is 10.3. The monoisotopic (exact) mass is 239 g/mol. The molecule has 1 amide bonds. The summed E-state index contributed by atoms with van der Waals surface area (Å²) in [6.07, 6.45) is 2.89. The first-order chi connectivity index (χ1) is 8.19. The standard InChI is InChI=1S/C11H21N5O/c1-4-6-12-7-10-8-16(15-14-10)9(3)11(17)13-5-2/h8-9,12H,4-7H2,1-3H3,(H,13,17). The van der Waals surface area contributed by atoms with Gasteiger partial charge in [0.25, 0.3) is 0 Å². The molecule has 0 aliphatic heterocycles. The summed E-state index contributed by atoms with van der Waals surface area (Å²) in [4.78, 5) is 11.6. The van der Waals surface area contributed by atoms with E-state index in [9.17, 15) is 4.79 Å². The third kappa shape index (κ3) is 4.14. The molecule has 0 bridgehead atoms. The van der Waals surface area contributed by atoms with E-state index in [1.165, 1.54) is 0 Å². The predicted octanol–water partition coefficient (Wildman–Crippen LogP) is 0.475. The summed E-state index contributed by atoms with van der Waals surface area (Å²) in [5.41, 5.74) is 0.856. The molecule has 0 spiro atoms. The van der Waals surface area contributed by atoms with E-state index in [1.54, 1.807) is 4.68 Å². The van der Waals surface area contributed by atoms with Crippen molar-refractivity contribution in [3.63, 3.8) is 0 Å². The number of carbonyl (C=O) groups excluding carboxylic acids is 1. The lowest BCUT2D eigenvalue weighted by molar-refractivity contribution is -0.124. The molecular weight excluding hydrogens is 218 g/mol. The normalized spacial score (nSPS) is 12.4. The van der Waals surface area contributed by atoms with Crippen LogP contribution >= 0.6 is 0 Å².